The summed E-state index contributed by atoms with van der Waals surface area (Å²) in [5, 5.41) is 10.5. The molecule has 0 saturated carbocycles. The van der Waals surface area contributed by atoms with Gasteiger partial charge in [-0.1, -0.05) is 50.8 Å². The van der Waals surface area contributed by atoms with Gasteiger partial charge >= 0.3 is 5.97 Å². The van der Waals surface area contributed by atoms with Crippen LogP contribution in [0.25, 0.3) is 10.9 Å². The number of aromatic nitrogens is 1. The van der Waals surface area contributed by atoms with Gasteiger partial charge in [0.1, 0.15) is 0 Å². The Hall–Kier alpha value is -1.77. The lowest BCUT2D eigenvalue weighted by atomic mass is 9.97. The van der Waals surface area contributed by atoms with Crippen molar-refractivity contribution in [3.8, 4) is 0 Å². The van der Waals surface area contributed by atoms with E-state index in [1.807, 2.05) is 30.3 Å². The van der Waals surface area contributed by atoms with E-state index in [0.717, 1.165) is 29.4 Å². The van der Waals surface area contributed by atoms with Gasteiger partial charge in [-0.15, -0.1) is 0 Å². The van der Waals surface area contributed by atoms with Gasteiger partial charge in [0.2, 0.25) is 0 Å². The third-order valence-corrected chi connectivity index (χ3v) is 3.57. The van der Waals surface area contributed by atoms with Gasteiger partial charge in [0.05, 0.1) is 5.92 Å². The Bertz CT molecular complexity index is 511. The monoisotopic (exact) mass is 259 g/mol. The van der Waals surface area contributed by atoms with Crippen molar-refractivity contribution in [1.82, 2.24) is 4.98 Å². The summed E-state index contributed by atoms with van der Waals surface area (Å²) < 4.78 is 0. The number of carboxylic acid groups (broad SMARTS) is 1. The second-order valence-corrected chi connectivity index (χ2v) is 5.05. The van der Waals surface area contributed by atoms with E-state index in [4.69, 9.17) is 0 Å². The molecule has 0 aliphatic rings. The average Bonchev–Trinajstić information content (AvgIpc) is 2.81. The van der Waals surface area contributed by atoms with E-state index in [1.54, 1.807) is 0 Å². The Balaban J connectivity index is 2.11. The van der Waals surface area contributed by atoms with Crippen LogP contribution in [-0.2, 0) is 4.79 Å². The van der Waals surface area contributed by atoms with Gasteiger partial charge in [-0.3, -0.25) is 4.79 Å². The topological polar surface area (TPSA) is 53.1 Å². The van der Waals surface area contributed by atoms with E-state index in [1.165, 1.54) is 12.8 Å². The lowest BCUT2D eigenvalue weighted by Crippen LogP contribution is -2.12. The number of para-hydroxylation sites is 1. The SMILES string of the molecule is CCCCCCC(C(=O)O)c1cc2ccccc2[nH]1. The van der Waals surface area contributed by atoms with Crippen LogP contribution in [0.1, 0.15) is 50.6 Å². The van der Waals surface area contributed by atoms with Crippen LogP contribution >= 0.6 is 0 Å². The second kappa shape index (κ2) is 6.41. The predicted molar refractivity (Wildman–Crippen MR) is 77.4 cm³/mol. The van der Waals surface area contributed by atoms with E-state index in [0.29, 0.717) is 6.42 Å². The molecule has 0 fully saturated rings. The van der Waals surface area contributed by atoms with Crippen LogP contribution in [0.4, 0.5) is 0 Å². The summed E-state index contributed by atoms with van der Waals surface area (Å²) >= 11 is 0. The third kappa shape index (κ3) is 3.37. The number of unbranched alkanes of at least 4 members (excludes halogenated alkanes) is 3. The zero-order valence-electron chi connectivity index (χ0n) is 11.4. The van der Waals surface area contributed by atoms with Crippen molar-refractivity contribution >= 4 is 16.9 Å². The van der Waals surface area contributed by atoms with Crippen molar-refractivity contribution in [2.75, 3.05) is 0 Å². The molecule has 1 unspecified atom stereocenters. The highest BCUT2D eigenvalue weighted by atomic mass is 16.4. The molecule has 3 heteroatoms. The molecule has 0 radical (unpaired) electrons. The van der Waals surface area contributed by atoms with Crippen LogP contribution in [0.15, 0.2) is 30.3 Å². The number of aromatic amines is 1. The average molecular weight is 259 g/mol. The molecule has 0 spiro atoms. The molecule has 102 valence electrons. The Morgan fingerprint density at radius 3 is 2.74 bits per heavy atom. The lowest BCUT2D eigenvalue weighted by molar-refractivity contribution is -0.139. The van der Waals surface area contributed by atoms with E-state index in [2.05, 4.69) is 11.9 Å². The largest absolute Gasteiger partial charge is 0.481 e. The number of hydrogen-bond acceptors (Lipinski definition) is 1. The maximum Gasteiger partial charge on any atom is 0.312 e. The Morgan fingerprint density at radius 2 is 2.05 bits per heavy atom. The number of fused-ring (bicyclic) bond motifs is 1. The van der Waals surface area contributed by atoms with Gasteiger partial charge in [-0.2, -0.15) is 0 Å². The molecule has 0 amide bonds. The maximum absolute atomic E-state index is 11.4. The number of aliphatic carboxylic acids is 1. The van der Waals surface area contributed by atoms with Crippen LogP contribution < -0.4 is 0 Å². The molecule has 0 aliphatic heterocycles. The third-order valence-electron chi connectivity index (χ3n) is 3.57. The van der Waals surface area contributed by atoms with Crippen LogP contribution in [-0.4, -0.2) is 16.1 Å². The van der Waals surface area contributed by atoms with E-state index >= 15 is 0 Å². The predicted octanol–water partition coefficient (Wildman–Crippen LogP) is 4.31. The fraction of sp³-hybridized carbons (Fsp3) is 0.438. The number of hydrogen-bond donors (Lipinski definition) is 2. The molecule has 0 bridgehead atoms. The number of H-pyrrole nitrogens is 1. The van der Waals surface area contributed by atoms with Crippen molar-refractivity contribution in [1.29, 1.82) is 0 Å². The van der Waals surface area contributed by atoms with Gasteiger partial charge in [0.15, 0.2) is 0 Å². The van der Waals surface area contributed by atoms with Crippen LogP contribution in [0.3, 0.4) is 0 Å². The van der Waals surface area contributed by atoms with E-state index in [-0.39, 0.29) is 0 Å². The normalized spacial score (nSPS) is 12.7. The minimum Gasteiger partial charge on any atom is -0.481 e. The van der Waals surface area contributed by atoms with Gasteiger partial charge in [0, 0.05) is 11.2 Å². The number of nitrogens with one attached hydrogen (secondary N) is 1. The molecule has 0 saturated heterocycles. The van der Waals surface area contributed by atoms with Crippen molar-refractivity contribution in [2.24, 2.45) is 0 Å². The molecular formula is C16H21NO2. The minimum absolute atomic E-state index is 0.413. The molecule has 2 N–H and O–H groups in total. The number of rotatable bonds is 7. The first-order chi connectivity index (χ1) is 9.22. The number of carboxylic acids is 1. The molecule has 2 aromatic rings. The smallest absolute Gasteiger partial charge is 0.312 e. The Morgan fingerprint density at radius 1 is 1.26 bits per heavy atom. The molecule has 1 aromatic carbocycles. The van der Waals surface area contributed by atoms with Crippen LogP contribution in [0.5, 0.6) is 0 Å². The molecule has 0 aliphatic carbocycles. The van der Waals surface area contributed by atoms with Gasteiger partial charge in [0.25, 0.3) is 0 Å². The molecule has 1 atom stereocenters. The van der Waals surface area contributed by atoms with Crippen molar-refractivity contribution in [3.05, 3.63) is 36.0 Å². The summed E-state index contributed by atoms with van der Waals surface area (Å²) in [5.74, 6) is -1.15. The molecule has 1 heterocycles. The van der Waals surface area contributed by atoms with Crippen molar-refractivity contribution in [3.63, 3.8) is 0 Å². The fourth-order valence-electron chi connectivity index (χ4n) is 2.47. The zero-order valence-corrected chi connectivity index (χ0v) is 11.4. The highest BCUT2D eigenvalue weighted by Gasteiger charge is 2.21. The fourth-order valence-corrected chi connectivity index (χ4v) is 2.47. The summed E-state index contributed by atoms with van der Waals surface area (Å²) in [5.41, 5.74) is 1.84. The summed E-state index contributed by atoms with van der Waals surface area (Å²) in [6.07, 6.45) is 5.14. The van der Waals surface area contributed by atoms with Gasteiger partial charge in [-0.25, -0.2) is 0 Å². The summed E-state index contributed by atoms with van der Waals surface area (Å²) in [6.45, 7) is 2.16. The Labute approximate surface area is 113 Å². The quantitative estimate of drug-likeness (QED) is 0.728. The van der Waals surface area contributed by atoms with E-state index in [9.17, 15) is 9.90 Å². The van der Waals surface area contributed by atoms with Gasteiger partial charge in [-0.05, 0) is 23.9 Å². The highest BCUT2D eigenvalue weighted by molar-refractivity contribution is 5.83. The highest BCUT2D eigenvalue weighted by Crippen LogP contribution is 2.26. The number of benzene rings is 1. The summed E-state index contributed by atoms with van der Waals surface area (Å²) in [4.78, 5) is 14.7. The molecular weight excluding hydrogens is 238 g/mol. The maximum atomic E-state index is 11.4. The number of carbonyl (C=O) groups is 1. The molecule has 19 heavy (non-hydrogen) atoms. The first kappa shape index (κ1) is 13.7. The first-order valence-electron chi connectivity index (χ1n) is 7.03. The van der Waals surface area contributed by atoms with Gasteiger partial charge < -0.3 is 10.1 Å². The second-order valence-electron chi connectivity index (χ2n) is 5.05. The summed E-state index contributed by atoms with van der Waals surface area (Å²) in [7, 11) is 0. The van der Waals surface area contributed by atoms with Crippen LogP contribution in [0.2, 0.25) is 0 Å². The van der Waals surface area contributed by atoms with Crippen LogP contribution in [0, 0.1) is 0 Å². The lowest BCUT2D eigenvalue weighted by Gasteiger charge is -2.10. The van der Waals surface area contributed by atoms with Crippen molar-refractivity contribution in [2.45, 2.75) is 44.9 Å². The molecule has 2 rings (SSSR count). The van der Waals surface area contributed by atoms with Crippen molar-refractivity contribution < 1.29 is 9.90 Å². The minimum atomic E-state index is -0.733. The molecule has 3 nitrogen and oxygen atoms in total. The van der Waals surface area contributed by atoms with E-state index < -0.39 is 11.9 Å². The molecule has 1 aromatic heterocycles. The Kier molecular flexibility index (Phi) is 4.61. The zero-order chi connectivity index (χ0) is 13.7. The summed E-state index contributed by atoms with van der Waals surface area (Å²) in [6, 6.07) is 9.88. The standard InChI is InChI=1S/C16H21NO2/c1-2-3-4-5-9-13(16(18)19)15-11-12-8-6-7-10-14(12)17-15/h6-8,10-11,13,17H,2-5,9H2,1H3,(H,18,19). The first-order valence-corrected chi connectivity index (χ1v) is 7.03.